The van der Waals surface area contributed by atoms with Crippen molar-refractivity contribution < 1.29 is 13.9 Å². The molecule has 144 valence electrons. The Hall–Kier alpha value is -2.41. The van der Waals surface area contributed by atoms with Crippen LogP contribution in [0.25, 0.3) is 0 Å². The fourth-order valence-electron chi connectivity index (χ4n) is 3.52. The summed E-state index contributed by atoms with van der Waals surface area (Å²) >= 11 is 0. The lowest BCUT2D eigenvalue weighted by atomic mass is 10.1. The molecule has 27 heavy (non-hydrogen) atoms. The second kappa shape index (κ2) is 8.08. The maximum Gasteiger partial charge on any atom is 0.230 e. The van der Waals surface area contributed by atoms with Crippen LogP contribution in [-0.4, -0.2) is 59.2 Å². The maximum atomic E-state index is 12.7. The fourth-order valence-corrected chi connectivity index (χ4v) is 3.52. The third-order valence-electron chi connectivity index (χ3n) is 5.24. The van der Waals surface area contributed by atoms with E-state index in [2.05, 4.69) is 15.1 Å². The predicted octanol–water partition coefficient (Wildman–Crippen LogP) is 2.23. The Morgan fingerprint density at radius 3 is 2.85 bits per heavy atom. The normalized spacial score (nSPS) is 18.3. The Labute approximate surface area is 159 Å². The molecule has 7 heteroatoms. The van der Waals surface area contributed by atoms with Crippen LogP contribution in [-0.2, 0) is 17.8 Å². The van der Waals surface area contributed by atoms with Crippen LogP contribution >= 0.6 is 0 Å². The van der Waals surface area contributed by atoms with Gasteiger partial charge in [-0.25, -0.2) is 0 Å². The number of aromatic nitrogens is 2. The molecule has 1 aromatic carbocycles. The highest BCUT2D eigenvalue weighted by Gasteiger charge is 2.29. The van der Waals surface area contributed by atoms with Gasteiger partial charge in [0.25, 0.3) is 0 Å². The van der Waals surface area contributed by atoms with Gasteiger partial charge in [-0.3, -0.25) is 9.69 Å². The first-order valence-corrected chi connectivity index (χ1v) is 9.67. The molecule has 7 nitrogen and oxygen atoms in total. The minimum Gasteiger partial charge on any atom is -0.496 e. The molecule has 1 amide bonds. The number of hydrogen-bond acceptors (Lipinski definition) is 6. The van der Waals surface area contributed by atoms with Gasteiger partial charge in [-0.05, 0) is 25.3 Å². The summed E-state index contributed by atoms with van der Waals surface area (Å²) in [6.45, 7) is 3.91. The fraction of sp³-hybridized carbons (Fsp3) is 0.550. The van der Waals surface area contributed by atoms with Crippen LogP contribution in [0.2, 0.25) is 0 Å². The molecule has 4 rings (SSSR count). The van der Waals surface area contributed by atoms with E-state index < -0.39 is 0 Å². The van der Waals surface area contributed by atoms with Crippen LogP contribution in [0.1, 0.15) is 42.5 Å². The highest BCUT2D eigenvalue weighted by molar-refractivity contribution is 5.79. The van der Waals surface area contributed by atoms with E-state index >= 15 is 0 Å². The van der Waals surface area contributed by atoms with Gasteiger partial charge in [0.2, 0.25) is 17.7 Å². The third-order valence-corrected chi connectivity index (χ3v) is 5.24. The number of carbonyl (C=O) groups is 1. The van der Waals surface area contributed by atoms with E-state index in [0.717, 1.165) is 62.6 Å². The molecule has 2 heterocycles. The number of nitrogens with zero attached hydrogens (tertiary/aromatic N) is 4. The number of amides is 1. The van der Waals surface area contributed by atoms with Crippen LogP contribution in [0.5, 0.6) is 5.75 Å². The molecule has 0 unspecified atom stereocenters. The Bertz CT molecular complexity index is 787. The molecule has 2 aromatic rings. The van der Waals surface area contributed by atoms with Gasteiger partial charge in [0, 0.05) is 37.7 Å². The van der Waals surface area contributed by atoms with Crippen molar-refractivity contribution in [2.24, 2.45) is 0 Å². The molecule has 0 N–H and O–H groups in total. The molecule has 2 fully saturated rings. The monoisotopic (exact) mass is 370 g/mol. The summed E-state index contributed by atoms with van der Waals surface area (Å²) in [5.74, 6) is 2.87. The highest BCUT2D eigenvalue weighted by Crippen LogP contribution is 2.39. The minimum atomic E-state index is 0.148. The average Bonchev–Trinajstić information content (AvgIpc) is 3.47. The number of para-hydroxylation sites is 1. The van der Waals surface area contributed by atoms with Gasteiger partial charge in [-0.2, -0.15) is 0 Å². The van der Waals surface area contributed by atoms with E-state index in [1.165, 1.54) is 0 Å². The van der Waals surface area contributed by atoms with E-state index in [1.54, 1.807) is 7.11 Å². The smallest absolute Gasteiger partial charge is 0.230 e. The molecule has 0 spiro atoms. The van der Waals surface area contributed by atoms with Crippen molar-refractivity contribution in [1.29, 1.82) is 0 Å². The molecule has 1 saturated heterocycles. The first kappa shape index (κ1) is 18.0. The van der Waals surface area contributed by atoms with Gasteiger partial charge in [0.1, 0.15) is 5.75 Å². The number of carbonyl (C=O) groups excluding carboxylic acids is 1. The Balaban J connectivity index is 1.31. The van der Waals surface area contributed by atoms with Crippen LogP contribution in [0.15, 0.2) is 28.7 Å². The van der Waals surface area contributed by atoms with Crippen molar-refractivity contribution in [3.8, 4) is 5.75 Å². The van der Waals surface area contributed by atoms with Crippen molar-refractivity contribution in [3.63, 3.8) is 0 Å². The summed E-state index contributed by atoms with van der Waals surface area (Å²) in [5.41, 5.74) is 0.935. The molecule has 1 aromatic heterocycles. The van der Waals surface area contributed by atoms with Crippen molar-refractivity contribution in [2.75, 3.05) is 33.3 Å². The highest BCUT2D eigenvalue weighted by atomic mass is 16.5. The lowest BCUT2D eigenvalue weighted by Gasteiger charge is -2.21. The van der Waals surface area contributed by atoms with E-state index in [9.17, 15) is 4.79 Å². The lowest BCUT2D eigenvalue weighted by molar-refractivity contribution is -0.130. The van der Waals surface area contributed by atoms with Crippen molar-refractivity contribution in [1.82, 2.24) is 20.0 Å². The summed E-state index contributed by atoms with van der Waals surface area (Å²) in [7, 11) is 1.64. The Morgan fingerprint density at radius 2 is 2.04 bits per heavy atom. The molecule has 0 bridgehead atoms. The van der Waals surface area contributed by atoms with Gasteiger partial charge in [0.05, 0.1) is 20.1 Å². The number of methoxy groups -OCH3 is 1. The molecule has 1 saturated carbocycles. The number of hydrogen-bond donors (Lipinski definition) is 0. The molecule has 2 aliphatic rings. The molecule has 1 aliphatic carbocycles. The molecule has 0 radical (unpaired) electrons. The minimum absolute atomic E-state index is 0.148. The van der Waals surface area contributed by atoms with Crippen molar-refractivity contribution in [3.05, 3.63) is 41.6 Å². The van der Waals surface area contributed by atoms with Gasteiger partial charge < -0.3 is 14.1 Å². The maximum absolute atomic E-state index is 12.7. The van der Waals surface area contributed by atoms with Crippen molar-refractivity contribution >= 4 is 5.91 Å². The first-order valence-electron chi connectivity index (χ1n) is 9.67. The number of ether oxygens (including phenoxy) is 1. The van der Waals surface area contributed by atoms with Gasteiger partial charge in [0.15, 0.2) is 0 Å². The van der Waals surface area contributed by atoms with Gasteiger partial charge in [-0.15, -0.1) is 10.2 Å². The summed E-state index contributed by atoms with van der Waals surface area (Å²) in [6.07, 6.45) is 3.64. The SMILES string of the molecule is COc1ccccc1CC(=O)N1CCCN(Cc2nnc(C3CC3)o2)CC1. The van der Waals surface area contributed by atoms with Crippen LogP contribution in [0.4, 0.5) is 0 Å². The second-order valence-electron chi connectivity index (χ2n) is 7.31. The molecular weight excluding hydrogens is 344 g/mol. The Morgan fingerprint density at radius 1 is 1.19 bits per heavy atom. The van der Waals surface area contributed by atoms with Crippen LogP contribution in [0.3, 0.4) is 0 Å². The van der Waals surface area contributed by atoms with Gasteiger partial charge in [-0.1, -0.05) is 18.2 Å². The first-order chi connectivity index (χ1) is 13.2. The number of rotatable bonds is 6. The summed E-state index contributed by atoms with van der Waals surface area (Å²) in [6, 6.07) is 7.71. The van der Waals surface area contributed by atoms with E-state index in [1.807, 2.05) is 29.2 Å². The second-order valence-corrected chi connectivity index (χ2v) is 7.31. The predicted molar refractivity (Wildman–Crippen MR) is 99.4 cm³/mol. The third kappa shape index (κ3) is 4.47. The van der Waals surface area contributed by atoms with E-state index in [4.69, 9.17) is 9.15 Å². The zero-order chi connectivity index (χ0) is 18.6. The largest absolute Gasteiger partial charge is 0.496 e. The van der Waals surface area contributed by atoms with Crippen LogP contribution < -0.4 is 4.74 Å². The number of benzene rings is 1. The standard InChI is InChI=1S/C20H26N4O3/c1-26-17-6-3-2-5-16(17)13-19(25)24-10-4-9-23(11-12-24)14-18-21-22-20(27-18)15-7-8-15/h2-3,5-6,15H,4,7-14H2,1H3. The van der Waals surface area contributed by atoms with E-state index in [0.29, 0.717) is 24.8 Å². The molecule has 0 atom stereocenters. The summed E-state index contributed by atoms with van der Waals surface area (Å²) in [4.78, 5) is 17.0. The Kier molecular flexibility index (Phi) is 5.38. The van der Waals surface area contributed by atoms with E-state index in [-0.39, 0.29) is 5.91 Å². The van der Waals surface area contributed by atoms with Crippen LogP contribution in [0, 0.1) is 0 Å². The summed E-state index contributed by atoms with van der Waals surface area (Å²) in [5, 5.41) is 8.33. The van der Waals surface area contributed by atoms with Crippen molar-refractivity contribution in [2.45, 2.75) is 38.1 Å². The molecular formula is C20H26N4O3. The summed E-state index contributed by atoms with van der Waals surface area (Å²) < 4.78 is 11.1. The topological polar surface area (TPSA) is 71.7 Å². The lowest BCUT2D eigenvalue weighted by Crippen LogP contribution is -2.36. The van der Waals surface area contributed by atoms with Gasteiger partial charge >= 0.3 is 0 Å². The average molecular weight is 370 g/mol. The quantitative estimate of drug-likeness (QED) is 0.777. The molecule has 1 aliphatic heterocycles. The zero-order valence-electron chi connectivity index (χ0n) is 15.8. The zero-order valence-corrected chi connectivity index (χ0v) is 15.8.